The van der Waals surface area contributed by atoms with E-state index in [2.05, 4.69) is 76.3 Å². The highest BCUT2D eigenvalue weighted by Gasteiger charge is 2.26. The maximum atomic E-state index is 9.60. The lowest BCUT2D eigenvalue weighted by atomic mass is 10.1. The summed E-state index contributed by atoms with van der Waals surface area (Å²) in [7, 11) is 0. The van der Waals surface area contributed by atoms with Crippen LogP contribution in [0.5, 0.6) is 0 Å². The molecule has 4 rings (SSSR count). The third-order valence-electron chi connectivity index (χ3n) is 6.36. The van der Waals surface area contributed by atoms with Crippen LogP contribution in [0.15, 0.2) is 54.6 Å². The molecule has 0 saturated carbocycles. The summed E-state index contributed by atoms with van der Waals surface area (Å²) in [4.78, 5) is 8.76. The fraction of sp³-hybridized carbons (Fsp3) is 0.440. The first-order chi connectivity index (χ1) is 14.2. The predicted molar refractivity (Wildman–Crippen MR) is 120 cm³/mol. The van der Waals surface area contributed by atoms with Gasteiger partial charge in [-0.2, -0.15) is 0 Å². The van der Waals surface area contributed by atoms with Gasteiger partial charge in [-0.25, -0.2) is 0 Å². The molecule has 1 saturated heterocycles. The molecule has 0 spiro atoms. The summed E-state index contributed by atoms with van der Waals surface area (Å²) in [5.41, 5.74) is 5.33. The lowest BCUT2D eigenvalue weighted by molar-refractivity contribution is 0.0541. The van der Waals surface area contributed by atoms with Gasteiger partial charge in [0, 0.05) is 55.4 Å². The molecule has 154 valence electrons. The van der Waals surface area contributed by atoms with E-state index in [9.17, 15) is 5.11 Å². The standard InChI is InChI=1S/C25H33N3O/c1-20-23-11-5-6-12-24(23)26-25(20)19-27-15-16-28(22(18-27)13-17-29)14-7-10-21-8-3-2-4-9-21/h2-6,8-9,11-12,22,26,29H,7,10,13-19H2,1H3. The first kappa shape index (κ1) is 20.1. The number of para-hydroxylation sites is 1. The summed E-state index contributed by atoms with van der Waals surface area (Å²) in [6.07, 6.45) is 3.15. The second kappa shape index (κ2) is 9.57. The summed E-state index contributed by atoms with van der Waals surface area (Å²) >= 11 is 0. The third kappa shape index (κ3) is 4.89. The van der Waals surface area contributed by atoms with Crippen LogP contribution in [0.3, 0.4) is 0 Å². The van der Waals surface area contributed by atoms with Crippen LogP contribution < -0.4 is 0 Å². The number of hydrogen-bond acceptors (Lipinski definition) is 3. The zero-order valence-electron chi connectivity index (χ0n) is 17.5. The summed E-state index contributed by atoms with van der Waals surface area (Å²) in [6.45, 7) is 7.75. The van der Waals surface area contributed by atoms with Gasteiger partial charge in [0.05, 0.1) is 0 Å². The molecule has 1 aliphatic heterocycles. The van der Waals surface area contributed by atoms with Crippen LogP contribution in [-0.2, 0) is 13.0 Å². The molecular weight excluding hydrogens is 358 g/mol. The van der Waals surface area contributed by atoms with Gasteiger partial charge in [0.25, 0.3) is 0 Å². The van der Waals surface area contributed by atoms with Crippen LogP contribution in [0.2, 0.25) is 0 Å². The van der Waals surface area contributed by atoms with Crippen LogP contribution in [0, 0.1) is 6.92 Å². The van der Waals surface area contributed by atoms with Crippen molar-refractivity contribution in [1.29, 1.82) is 0 Å². The smallest absolute Gasteiger partial charge is 0.0459 e. The van der Waals surface area contributed by atoms with Crippen molar-refractivity contribution in [2.24, 2.45) is 0 Å². The number of aryl methyl sites for hydroxylation is 2. The zero-order chi connectivity index (χ0) is 20.1. The molecule has 3 aromatic rings. The molecule has 1 aromatic heterocycles. The molecule has 0 amide bonds. The van der Waals surface area contributed by atoms with Crippen LogP contribution in [0.25, 0.3) is 10.9 Å². The Hall–Kier alpha value is -2.14. The predicted octanol–water partition coefficient (Wildman–Crippen LogP) is 3.98. The number of H-pyrrole nitrogens is 1. The minimum absolute atomic E-state index is 0.263. The highest BCUT2D eigenvalue weighted by atomic mass is 16.3. The highest BCUT2D eigenvalue weighted by molar-refractivity contribution is 5.84. The molecule has 0 bridgehead atoms. The molecule has 1 aliphatic rings. The Morgan fingerprint density at radius 3 is 2.62 bits per heavy atom. The van der Waals surface area contributed by atoms with Gasteiger partial charge in [0.15, 0.2) is 0 Å². The van der Waals surface area contributed by atoms with Gasteiger partial charge in [-0.1, -0.05) is 48.5 Å². The fourth-order valence-corrected chi connectivity index (χ4v) is 4.67. The van der Waals surface area contributed by atoms with Gasteiger partial charge >= 0.3 is 0 Å². The Balaban J connectivity index is 1.35. The molecule has 1 unspecified atom stereocenters. The van der Waals surface area contributed by atoms with Crippen molar-refractivity contribution in [3.05, 3.63) is 71.4 Å². The van der Waals surface area contributed by atoms with Gasteiger partial charge in [-0.15, -0.1) is 0 Å². The number of fused-ring (bicyclic) bond motifs is 1. The largest absolute Gasteiger partial charge is 0.396 e. The zero-order valence-corrected chi connectivity index (χ0v) is 17.5. The number of hydrogen-bond donors (Lipinski definition) is 2. The first-order valence-corrected chi connectivity index (χ1v) is 10.9. The molecule has 0 aliphatic carbocycles. The van der Waals surface area contributed by atoms with Gasteiger partial charge in [0.1, 0.15) is 0 Å². The topological polar surface area (TPSA) is 42.5 Å². The van der Waals surface area contributed by atoms with Crippen molar-refractivity contribution in [2.75, 3.05) is 32.8 Å². The van der Waals surface area contributed by atoms with E-state index in [1.54, 1.807) is 0 Å². The van der Waals surface area contributed by atoms with Crippen molar-refractivity contribution in [2.45, 2.75) is 38.8 Å². The third-order valence-corrected chi connectivity index (χ3v) is 6.36. The van der Waals surface area contributed by atoms with Gasteiger partial charge in [-0.05, 0) is 49.9 Å². The summed E-state index contributed by atoms with van der Waals surface area (Å²) in [5, 5.41) is 10.9. The monoisotopic (exact) mass is 391 g/mol. The molecule has 0 radical (unpaired) electrons. The average molecular weight is 392 g/mol. The summed E-state index contributed by atoms with van der Waals surface area (Å²) in [5.74, 6) is 0. The summed E-state index contributed by atoms with van der Waals surface area (Å²) in [6, 6.07) is 19.7. The molecule has 4 heteroatoms. The first-order valence-electron chi connectivity index (χ1n) is 10.9. The molecule has 1 atom stereocenters. The number of nitrogens with one attached hydrogen (secondary N) is 1. The van der Waals surface area contributed by atoms with Gasteiger partial charge in [-0.3, -0.25) is 9.80 Å². The average Bonchev–Trinajstić information content (AvgIpc) is 3.06. The minimum Gasteiger partial charge on any atom is -0.396 e. The number of piperazine rings is 1. The molecule has 4 nitrogen and oxygen atoms in total. The van der Waals surface area contributed by atoms with Crippen LogP contribution in [-0.4, -0.2) is 58.7 Å². The fourth-order valence-electron chi connectivity index (χ4n) is 4.67. The van der Waals surface area contributed by atoms with E-state index >= 15 is 0 Å². The lowest BCUT2D eigenvalue weighted by Gasteiger charge is -2.41. The Morgan fingerprint density at radius 2 is 1.83 bits per heavy atom. The second-order valence-corrected chi connectivity index (χ2v) is 8.30. The quantitative estimate of drug-likeness (QED) is 0.610. The van der Waals surface area contributed by atoms with E-state index in [1.165, 1.54) is 34.1 Å². The molecule has 1 fully saturated rings. The SMILES string of the molecule is Cc1c(CN2CCN(CCCc3ccccc3)C(CCO)C2)[nH]c2ccccc12. The summed E-state index contributed by atoms with van der Waals surface area (Å²) < 4.78 is 0. The number of rotatable bonds is 8. The molecule has 2 aromatic carbocycles. The van der Waals surface area contributed by atoms with E-state index in [1.807, 2.05) is 0 Å². The van der Waals surface area contributed by atoms with Gasteiger partial charge in [0.2, 0.25) is 0 Å². The van der Waals surface area contributed by atoms with E-state index in [0.29, 0.717) is 6.04 Å². The molecular formula is C25H33N3O. The Morgan fingerprint density at radius 1 is 1.03 bits per heavy atom. The minimum atomic E-state index is 0.263. The van der Waals surface area contributed by atoms with Crippen molar-refractivity contribution in [3.8, 4) is 0 Å². The van der Waals surface area contributed by atoms with Crippen molar-refractivity contribution >= 4 is 10.9 Å². The maximum absolute atomic E-state index is 9.60. The number of aromatic nitrogens is 1. The molecule has 2 heterocycles. The molecule has 2 N–H and O–H groups in total. The molecule has 29 heavy (non-hydrogen) atoms. The van der Waals surface area contributed by atoms with E-state index in [0.717, 1.165) is 45.6 Å². The number of aliphatic hydroxyl groups is 1. The number of nitrogens with zero attached hydrogens (tertiary/aromatic N) is 2. The lowest BCUT2D eigenvalue weighted by Crippen LogP contribution is -2.53. The van der Waals surface area contributed by atoms with E-state index in [-0.39, 0.29) is 6.61 Å². The number of benzene rings is 2. The Kier molecular flexibility index (Phi) is 6.65. The van der Waals surface area contributed by atoms with Crippen LogP contribution in [0.1, 0.15) is 29.7 Å². The Bertz CT molecular complexity index is 905. The highest BCUT2D eigenvalue weighted by Crippen LogP contribution is 2.24. The van der Waals surface area contributed by atoms with Crippen molar-refractivity contribution < 1.29 is 5.11 Å². The van der Waals surface area contributed by atoms with Crippen LogP contribution >= 0.6 is 0 Å². The number of aliphatic hydroxyl groups excluding tert-OH is 1. The van der Waals surface area contributed by atoms with Gasteiger partial charge < -0.3 is 10.1 Å². The van der Waals surface area contributed by atoms with Crippen molar-refractivity contribution in [3.63, 3.8) is 0 Å². The van der Waals surface area contributed by atoms with Crippen molar-refractivity contribution in [1.82, 2.24) is 14.8 Å². The maximum Gasteiger partial charge on any atom is 0.0459 e. The van der Waals surface area contributed by atoms with E-state index < -0.39 is 0 Å². The van der Waals surface area contributed by atoms with E-state index in [4.69, 9.17) is 0 Å². The second-order valence-electron chi connectivity index (χ2n) is 8.30. The normalized spacial score (nSPS) is 18.5. The number of aromatic amines is 1. The Labute approximate surface area is 174 Å². The van der Waals surface area contributed by atoms with Crippen LogP contribution in [0.4, 0.5) is 0 Å².